The van der Waals surface area contributed by atoms with E-state index in [9.17, 15) is 4.79 Å². The van der Waals surface area contributed by atoms with Crippen LogP contribution in [0.5, 0.6) is 0 Å². The summed E-state index contributed by atoms with van der Waals surface area (Å²) < 4.78 is 5.27. The summed E-state index contributed by atoms with van der Waals surface area (Å²) in [5, 5.41) is 0. The van der Waals surface area contributed by atoms with Crippen LogP contribution in [0.3, 0.4) is 0 Å². The van der Waals surface area contributed by atoms with Crippen LogP contribution in [0.25, 0.3) is 0 Å². The zero-order chi connectivity index (χ0) is 13.5. The van der Waals surface area contributed by atoms with E-state index in [-0.39, 0.29) is 5.91 Å². The van der Waals surface area contributed by atoms with E-state index in [0.29, 0.717) is 31.6 Å². The molecule has 0 bridgehead atoms. The Morgan fingerprint density at radius 2 is 1.78 bits per heavy atom. The highest BCUT2D eigenvalue weighted by Crippen LogP contribution is 2.16. The smallest absolute Gasteiger partial charge is 0.223 e. The molecule has 4 heteroatoms. The molecule has 0 N–H and O–H groups in total. The number of hydrogen-bond donors (Lipinski definition) is 0. The average molecular weight is 256 g/mol. The van der Waals surface area contributed by atoms with Gasteiger partial charge in [-0.15, -0.1) is 0 Å². The first-order valence-electron chi connectivity index (χ1n) is 7.19. The predicted octanol–water partition coefficient (Wildman–Crippen LogP) is 1.60. The molecule has 2 unspecified atom stereocenters. The van der Waals surface area contributed by atoms with Gasteiger partial charge in [0.25, 0.3) is 0 Å². The van der Waals surface area contributed by atoms with Crippen LogP contribution in [0.15, 0.2) is 0 Å². The highest BCUT2D eigenvalue weighted by Gasteiger charge is 2.24. The molecule has 18 heavy (non-hydrogen) atoms. The van der Waals surface area contributed by atoms with Crippen LogP contribution in [0.2, 0.25) is 0 Å². The number of carbonyl (C=O) groups is 1. The normalized spacial score (nSPS) is 19.9. The van der Waals surface area contributed by atoms with Gasteiger partial charge in [-0.3, -0.25) is 4.79 Å². The topological polar surface area (TPSA) is 32.8 Å². The second-order valence-electron chi connectivity index (χ2n) is 5.14. The number of carbonyl (C=O) groups excluding carboxylic acids is 1. The maximum absolute atomic E-state index is 12.2. The molecule has 0 saturated carbocycles. The molecule has 0 aromatic carbocycles. The van der Waals surface area contributed by atoms with Gasteiger partial charge in [-0.05, 0) is 25.9 Å². The molecular formula is C14H28N2O2. The van der Waals surface area contributed by atoms with Gasteiger partial charge in [0.2, 0.25) is 5.91 Å². The summed E-state index contributed by atoms with van der Waals surface area (Å²) in [6.07, 6.45) is 0.650. The molecular weight excluding hydrogens is 228 g/mol. The second kappa shape index (κ2) is 7.74. The van der Waals surface area contributed by atoms with Crippen molar-refractivity contribution in [2.75, 3.05) is 39.4 Å². The molecule has 4 nitrogen and oxygen atoms in total. The van der Waals surface area contributed by atoms with E-state index in [4.69, 9.17) is 4.74 Å². The number of ether oxygens (including phenoxy) is 1. The molecule has 2 atom stereocenters. The summed E-state index contributed by atoms with van der Waals surface area (Å²) in [7, 11) is 0. The third kappa shape index (κ3) is 4.25. The average Bonchev–Trinajstić information content (AvgIpc) is 2.40. The molecule has 106 valence electrons. The molecule has 1 fully saturated rings. The molecule has 1 rings (SSSR count). The van der Waals surface area contributed by atoms with Gasteiger partial charge in [-0.2, -0.15) is 0 Å². The lowest BCUT2D eigenvalue weighted by atomic mass is 9.97. The van der Waals surface area contributed by atoms with Crippen LogP contribution in [-0.2, 0) is 9.53 Å². The fraction of sp³-hybridized carbons (Fsp3) is 0.929. The minimum Gasteiger partial charge on any atom is -0.378 e. The Labute approximate surface area is 111 Å². The van der Waals surface area contributed by atoms with Crippen molar-refractivity contribution in [2.45, 2.75) is 40.2 Å². The third-order valence-corrected chi connectivity index (χ3v) is 4.07. The van der Waals surface area contributed by atoms with Gasteiger partial charge in [0, 0.05) is 25.6 Å². The van der Waals surface area contributed by atoms with Crippen molar-refractivity contribution in [3.63, 3.8) is 0 Å². The molecule has 1 amide bonds. The minimum atomic E-state index is 0.282. The lowest BCUT2D eigenvalue weighted by molar-refractivity contribution is -0.136. The zero-order valence-electron chi connectivity index (χ0n) is 12.3. The van der Waals surface area contributed by atoms with Crippen molar-refractivity contribution in [1.82, 2.24) is 9.80 Å². The van der Waals surface area contributed by atoms with Gasteiger partial charge in [0.1, 0.15) is 0 Å². The zero-order valence-corrected chi connectivity index (χ0v) is 12.3. The van der Waals surface area contributed by atoms with Crippen LogP contribution in [0, 0.1) is 5.92 Å². The first kappa shape index (κ1) is 15.4. The van der Waals surface area contributed by atoms with Gasteiger partial charge >= 0.3 is 0 Å². The Morgan fingerprint density at radius 1 is 1.22 bits per heavy atom. The van der Waals surface area contributed by atoms with Crippen LogP contribution in [-0.4, -0.2) is 61.1 Å². The van der Waals surface area contributed by atoms with Gasteiger partial charge in [-0.1, -0.05) is 20.8 Å². The summed E-state index contributed by atoms with van der Waals surface area (Å²) >= 11 is 0. The second-order valence-corrected chi connectivity index (χ2v) is 5.14. The molecule has 0 aromatic heterocycles. The van der Waals surface area contributed by atoms with Crippen LogP contribution in [0.1, 0.15) is 34.1 Å². The highest BCUT2D eigenvalue weighted by molar-refractivity contribution is 5.76. The predicted molar refractivity (Wildman–Crippen MR) is 73.6 cm³/mol. The van der Waals surface area contributed by atoms with Crippen molar-refractivity contribution in [2.24, 2.45) is 5.92 Å². The van der Waals surface area contributed by atoms with Crippen LogP contribution < -0.4 is 0 Å². The van der Waals surface area contributed by atoms with Gasteiger partial charge in [-0.25, -0.2) is 0 Å². The molecule has 1 aliphatic heterocycles. The minimum absolute atomic E-state index is 0.282. The third-order valence-electron chi connectivity index (χ3n) is 4.07. The van der Waals surface area contributed by atoms with Crippen molar-refractivity contribution in [1.29, 1.82) is 0 Å². The van der Waals surface area contributed by atoms with E-state index in [0.717, 1.165) is 26.2 Å². The summed E-state index contributed by atoms with van der Waals surface area (Å²) in [5.41, 5.74) is 0. The van der Waals surface area contributed by atoms with Crippen LogP contribution in [0.4, 0.5) is 0 Å². The van der Waals surface area contributed by atoms with E-state index in [2.05, 4.69) is 32.6 Å². The Balaban J connectivity index is 2.42. The van der Waals surface area contributed by atoms with E-state index < -0.39 is 0 Å². The van der Waals surface area contributed by atoms with E-state index in [1.807, 2.05) is 4.90 Å². The van der Waals surface area contributed by atoms with Gasteiger partial charge in [0.05, 0.1) is 13.2 Å². The molecule has 1 saturated heterocycles. The number of morpholine rings is 1. The number of nitrogens with zero attached hydrogens (tertiary/aromatic N) is 2. The van der Waals surface area contributed by atoms with Crippen LogP contribution >= 0.6 is 0 Å². The standard InChI is InChI=1S/C14H28N2O2/c1-5-15(6-2)13(4)12(3)11-14(17)16-7-9-18-10-8-16/h12-13H,5-11H2,1-4H3. The monoisotopic (exact) mass is 256 g/mol. The number of amides is 1. The SMILES string of the molecule is CCN(CC)C(C)C(C)CC(=O)N1CCOCC1. The highest BCUT2D eigenvalue weighted by atomic mass is 16.5. The van der Waals surface area contributed by atoms with Gasteiger partial charge in [0.15, 0.2) is 0 Å². The summed E-state index contributed by atoms with van der Waals surface area (Å²) in [4.78, 5) is 16.5. The van der Waals surface area contributed by atoms with E-state index in [1.54, 1.807) is 0 Å². The molecule has 1 aliphatic rings. The summed E-state index contributed by atoms with van der Waals surface area (Å²) in [6.45, 7) is 13.7. The fourth-order valence-electron chi connectivity index (χ4n) is 2.55. The van der Waals surface area contributed by atoms with Crippen molar-refractivity contribution in [3.05, 3.63) is 0 Å². The number of rotatable bonds is 6. The lowest BCUT2D eigenvalue weighted by Crippen LogP contribution is -2.43. The molecule has 0 spiro atoms. The first-order valence-corrected chi connectivity index (χ1v) is 7.19. The largest absolute Gasteiger partial charge is 0.378 e. The molecule has 0 aliphatic carbocycles. The lowest BCUT2D eigenvalue weighted by Gasteiger charge is -2.33. The Morgan fingerprint density at radius 3 is 2.28 bits per heavy atom. The summed E-state index contributed by atoms with van der Waals surface area (Å²) in [5.74, 6) is 0.685. The number of hydrogen-bond acceptors (Lipinski definition) is 3. The maximum Gasteiger partial charge on any atom is 0.223 e. The van der Waals surface area contributed by atoms with Crippen molar-refractivity contribution in [3.8, 4) is 0 Å². The Hall–Kier alpha value is -0.610. The van der Waals surface area contributed by atoms with Crippen molar-refractivity contribution >= 4 is 5.91 Å². The van der Waals surface area contributed by atoms with E-state index >= 15 is 0 Å². The molecule has 1 heterocycles. The van der Waals surface area contributed by atoms with Gasteiger partial charge < -0.3 is 14.5 Å². The quantitative estimate of drug-likeness (QED) is 0.723. The van der Waals surface area contributed by atoms with E-state index in [1.165, 1.54) is 0 Å². The molecule has 0 aromatic rings. The Bertz CT molecular complexity index is 248. The molecule has 0 radical (unpaired) electrons. The first-order chi connectivity index (χ1) is 8.60. The summed E-state index contributed by atoms with van der Waals surface area (Å²) in [6, 6.07) is 0.463. The maximum atomic E-state index is 12.2. The van der Waals surface area contributed by atoms with Crippen molar-refractivity contribution < 1.29 is 9.53 Å². The Kier molecular flexibility index (Phi) is 6.65. The fourth-order valence-corrected chi connectivity index (χ4v) is 2.55.